The summed E-state index contributed by atoms with van der Waals surface area (Å²) in [6.07, 6.45) is 0. The first kappa shape index (κ1) is 7.86. The van der Waals surface area contributed by atoms with Crippen molar-refractivity contribution in [3.63, 3.8) is 0 Å². The maximum atomic E-state index is 11.2. The van der Waals surface area contributed by atoms with Gasteiger partial charge in [0.1, 0.15) is 0 Å². The summed E-state index contributed by atoms with van der Waals surface area (Å²) in [6.45, 7) is 3.39. The number of carbonyl (C=O) groups excluding carboxylic acids is 1. The van der Waals surface area contributed by atoms with Crippen LogP contribution in [-0.2, 0) is 4.74 Å². The maximum Gasteiger partial charge on any atom is 0.317 e. The molecule has 0 aromatic heterocycles. The van der Waals surface area contributed by atoms with E-state index in [9.17, 15) is 4.79 Å². The van der Waals surface area contributed by atoms with E-state index in [1.165, 1.54) is 0 Å². The molecule has 0 aliphatic carbocycles. The minimum Gasteiger partial charge on any atom is -0.381 e. The number of likely N-dealkylation sites (tertiary alicyclic amines) is 1. The van der Waals surface area contributed by atoms with E-state index in [0.717, 1.165) is 26.3 Å². The molecular weight excluding hydrogens is 156 g/mol. The molecule has 4 heteroatoms. The van der Waals surface area contributed by atoms with Gasteiger partial charge in [-0.15, -0.1) is 0 Å². The Bertz CT molecular complexity index is 183. The first-order valence-electron chi connectivity index (χ1n) is 4.35. The summed E-state index contributed by atoms with van der Waals surface area (Å²) < 4.78 is 5.31. The number of fused-ring (bicyclic) bond motifs is 1. The van der Waals surface area contributed by atoms with E-state index in [0.29, 0.717) is 11.8 Å². The fourth-order valence-electron chi connectivity index (χ4n) is 2.01. The lowest BCUT2D eigenvalue weighted by molar-refractivity contribution is 0.155. The highest BCUT2D eigenvalue weighted by atomic mass is 16.5. The largest absolute Gasteiger partial charge is 0.381 e. The minimum absolute atomic E-state index is 0.0457. The highest BCUT2D eigenvalue weighted by molar-refractivity contribution is 5.74. The third-order valence-corrected chi connectivity index (χ3v) is 2.74. The minimum atomic E-state index is 0.0457. The number of hydrogen-bond donors (Lipinski definition) is 1. The van der Waals surface area contributed by atoms with Gasteiger partial charge < -0.3 is 15.0 Å². The van der Waals surface area contributed by atoms with Gasteiger partial charge in [0.05, 0.1) is 13.2 Å². The van der Waals surface area contributed by atoms with Crippen LogP contribution in [0.3, 0.4) is 0 Å². The number of carbonyl (C=O) groups is 1. The van der Waals surface area contributed by atoms with Crippen LogP contribution in [-0.4, -0.2) is 44.3 Å². The lowest BCUT2D eigenvalue weighted by atomic mass is 10.0. The standard InChI is InChI=1S/C8H14N2O2/c1-9-8(11)10-2-6-4-12-5-7(6)3-10/h6-7H,2-5H2,1H3,(H,9,11)/t6-,7+. The number of nitrogens with one attached hydrogen (secondary N) is 1. The molecule has 2 rings (SSSR count). The van der Waals surface area contributed by atoms with E-state index in [4.69, 9.17) is 4.74 Å². The number of hydrogen-bond acceptors (Lipinski definition) is 2. The summed E-state index contributed by atoms with van der Waals surface area (Å²) in [7, 11) is 1.67. The van der Waals surface area contributed by atoms with E-state index in [2.05, 4.69) is 5.32 Å². The zero-order chi connectivity index (χ0) is 8.55. The fourth-order valence-corrected chi connectivity index (χ4v) is 2.01. The third-order valence-electron chi connectivity index (χ3n) is 2.74. The highest BCUT2D eigenvalue weighted by Crippen LogP contribution is 2.28. The van der Waals surface area contributed by atoms with Crippen molar-refractivity contribution < 1.29 is 9.53 Å². The van der Waals surface area contributed by atoms with Gasteiger partial charge in [-0.1, -0.05) is 0 Å². The van der Waals surface area contributed by atoms with Crippen molar-refractivity contribution in [2.24, 2.45) is 11.8 Å². The van der Waals surface area contributed by atoms with E-state index in [1.54, 1.807) is 7.05 Å². The molecule has 2 heterocycles. The number of ether oxygens (including phenoxy) is 1. The van der Waals surface area contributed by atoms with Crippen molar-refractivity contribution in [2.45, 2.75) is 0 Å². The van der Waals surface area contributed by atoms with E-state index < -0.39 is 0 Å². The Morgan fingerprint density at radius 2 is 2.00 bits per heavy atom. The smallest absolute Gasteiger partial charge is 0.317 e. The summed E-state index contributed by atoms with van der Waals surface area (Å²) in [5.41, 5.74) is 0. The molecule has 2 saturated heterocycles. The van der Waals surface area contributed by atoms with E-state index in [1.807, 2.05) is 4.90 Å². The molecule has 0 spiro atoms. The molecule has 2 atom stereocenters. The third kappa shape index (κ3) is 1.16. The summed E-state index contributed by atoms with van der Waals surface area (Å²) in [4.78, 5) is 13.1. The quantitative estimate of drug-likeness (QED) is 0.551. The van der Waals surface area contributed by atoms with Crippen LogP contribution in [0.15, 0.2) is 0 Å². The second kappa shape index (κ2) is 2.94. The molecule has 0 saturated carbocycles. The molecule has 12 heavy (non-hydrogen) atoms. The monoisotopic (exact) mass is 170 g/mol. The molecule has 4 nitrogen and oxygen atoms in total. The molecule has 0 radical (unpaired) electrons. The van der Waals surface area contributed by atoms with Crippen LogP contribution in [0.4, 0.5) is 4.79 Å². The van der Waals surface area contributed by atoms with Crippen molar-refractivity contribution in [3.8, 4) is 0 Å². The summed E-state index contributed by atoms with van der Waals surface area (Å²) in [5, 5.41) is 2.64. The molecule has 2 fully saturated rings. The fraction of sp³-hybridized carbons (Fsp3) is 0.875. The Morgan fingerprint density at radius 3 is 2.50 bits per heavy atom. The lowest BCUT2D eigenvalue weighted by Crippen LogP contribution is -2.37. The van der Waals surface area contributed by atoms with E-state index >= 15 is 0 Å². The van der Waals surface area contributed by atoms with Gasteiger partial charge in [-0.3, -0.25) is 0 Å². The second-order valence-corrected chi connectivity index (χ2v) is 3.52. The van der Waals surface area contributed by atoms with Gasteiger partial charge in [0, 0.05) is 32.0 Å². The summed E-state index contributed by atoms with van der Waals surface area (Å²) in [5.74, 6) is 1.17. The SMILES string of the molecule is CNC(=O)N1C[C@H]2COC[C@H]2C1. The predicted molar refractivity (Wildman–Crippen MR) is 43.8 cm³/mol. The average Bonchev–Trinajstić information content (AvgIpc) is 2.60. The van der Waals surface area contributed by atoms with E-state index in [-0.39, 0.29) is 6.03 Å². The zero-order valence-electron chi connectivity index (χ0n) is 7.25. The normalized spacial score (nSPS) is 33.6. The Labute approximate surface area is 71.9 Å². The molecule has 2 amide bonds. The first-order chi connectivity index (χ1) is 5.81. The molecule has 0 aromatic rings. The molecule has 1 N–H and O–H groups in total. The molecule has 2 aliphatic heterocycles. The van der Waals surface area contributed by atoms with Gasteiger partial charge in [0.15, 0.2) is 0 Å². The average molecular weight is 170 g/mol. The highest BCUT2D eigenvalue weighted by Gasteiger charge is 2.38. The molecule has 0 bridgehead atoms. The zero-order valence-corrected chi connectivity index (χ0v) is 7.25. The van der Waals surface area contributed by atoms with Crippen LogP contribution in [0.25, 0.3) is 0 Å². The van der Waals surface area contributed by atoms with Crippen LogP contribution >= 0.6 is 0 Å². The Morgan fingerprint density at radius 1 is 1.42 bits per heavy atom. The Hall–Kier alpha value is -0.770. The molecular formula is C8H14N2O2. The van der Waals surface area contributed by atoms with Crippen LogP contribution in [0.1, 0.15) is 0 Å². The van der Waals surface area contributed by atoms with Crippen LogP contribution in [0.5, 0.6) is 0 Å². The summed E-state index contributed by atoms with van der Waals surface area (Å²) >= 11 is 0. The molecule has 0 aromatic carbocycles. The van der Waals surface area contributed by atoms with Crippen LogP contribution in [0.2, 0.25) is 0 Å². The van der Waals surface area contributed by atoms with Gasteiger partial charge in [-0.2, -0.15) is 0 Å². The van der Waals surface area contributed by atoms with Gasteiger partial charge in [-0.25, -0.2) is 4.79 Å². The van der Waals surface area contributed by atoms with Crippen LogP contribution < -0.4 is 5.32 Å². The van der Waals surface area contributed by atoms with Crippen molar-refractivity contribution in [3.05, 3.63) is 0 Å². The van der Waals surface area contributed by atoms with Gasteiger partial charge in [0.2, 0.25) is 0 Å². The Kier molecular flexibility index (Phi) is 1.92. The Balaban J connectivity index is 1.94. The lowest BCUT2D eigenvalue weighted by Gasteiger charge is -2.15. The van der Waals surface area contributed by atoms with Crippen molar-refractivity contribution in [2.75, 3.05) is 33.4 Å². The molecule has 0 unspecified atom stereocenters. The number of amides is 2. The van der Waals surface area contributed by atoms with Crippen LogP contribution in [0, 0.1) is 11.8 Å². The number of nitrogens with zero attached hydrogens (tertiary/aromatic N) is 1. The van der Waals surface area contributed by atoms with Gasteiger partial charge in [0.25, 0.3) is 0 Å². The van der Waals surface area contributed by atoms with Gasteiger partial charge in [-0.05, 0) is 0 Å². The van der Waals surface area contributed by atoms with Crippen molar-refractivity contribution in [1.82, 2.24) is 10.2 Å². The maximum absolute atomic E-state index is 11.2. The first-order valence-corrected chi connectivity index (χ1v) is 4.35. The topological polar surface area (TPSA) is 41.6 Å². The molecule has 2 aliphatic rings. The molecule has 68 valence electrons. The van der Waals surface area contributed by atoms with Crippen molar-refractivity contribution >= 4 is 6.03 Å². The number of rotatable bonds is 0. The van der Waals surface area contributed by atoms with Crippen molar-refractivity contribution in [1.29, 1.82) is 0 Å². The van der Waals surface area contributed by atoms with Gasteiger partial charge >= 0.3 is 6.03 Å². The predicted octanol–water partition coefficient (Wildman–Crippen LogP) is -0.0960. The second-order valence-electron chi connectivity index (χ2n) is 3.52. The number of urea groups is 1. The summed E-state index contributed by atoms with van der Waals surface area (Å²) in [6, 6.07) is 0.0457.